The quantitative estimate of drug-likeness (QED) is 0.762. The summed E-state index contributed by atoms with van der Waals surface area (Å²) in [6.07, 6.45) is 3.57. The molecule has 1 aliphatic heterocycles. The summed E-state index contributed by atoms with van der Waals surface area (Å²) < 4.78 is 12.8. The largest absolute Gasteiger partial charge is 0.461 e. The molecule has 0 aliphatic carbocycles. The van der Waals surface area contributed by atoms with Gasteiger partial charge in [0.1, 0.15) is 6.61 Å². The average Bonchev–Trinajstić information content (AvgIpc) is 3.21. The number of hydrogen-bond donors (Lipinski definition) is 0. The van der Waals surface area contributed by atoms with Crippen molar-refractivity contribution in [2.45, 2.75) is 52.2 Å². The Balaban J connectivity index is 1.49. The van der Waals surface area contributed by atoms with E-state index in [9.17, 15) is 4.79 Å². The topological polar surface area (TPSA) is 53.4 Å². The Bertz CT molecular complexity index is 685. The zero-order chi connectivity index (χ0) is 16.9. The van der Waals surface area contributed by atoms with Crippen molar-refractivity contribution < 1.29 is 14.3 Å². The fourth-order valence-electron chi connectivity index (χ4n) is 3.01. The molecule has 5 heteroatoms. The molecule has 1 aliphatic rings. The van der Waals surface area contributed by atoms with Crippen LogP contribution < -0.4 is 0 Å². The zero-order valence-corrected chi connectivity index (χ0v) is 14.3. The zero-order valence-electron chi connectivity index (χ0n) is 14.3. The van der Waals surface area contributed by atoms with E-state index in [1.807, 2.05) is 48.9 Å². The summed E-state index contributed by atoms with van der Waals surface area (Å²) in [6, 6.07) is 9.98. The molecule has 3 rings (SSSR count). The first-order valence-corrected chi connectivity index (χ1v) is 8.51. The minimum absolute atomic E-state index is 0.159. The first-order chi connectivity index (χ1) is 11.6. The smallest absolute Gasteiger partial charge is 0.306 e. The van der Waals surface area contributed by atoms with Crippen molar-refractivity contribution >= 4 is 5.97 Å². The van der Waals surface area contributed by atoms with Crippen LogP contribution in [-0.4, -0.2) is 28.5 Å². The fraction of sp³-hybridized carbons (Fsp3) is 0.474. The number of aromatic nitrogens is 2. The lowest BCUT2D eigenvalue weighted by atomic mass is 10.1. The standard InChI is InChI=1S/C19H24N2O3/c1-14-12-15(2)21(20-14)17-7-5-16(6-8-17)13-24-19(22)10-9-18-4-3-11-23-18/h5-8,12,18H,3-4,9-11,13H2,1-2H3. The minimum atomic E-state index is -0.159. The third kappa shape index (κ3) is 4.23. The summed E-state index contributed by atoms with van der Waals surface area (Å²) in [7, 11) is 0. The fourth-order valence-corrected chi connectivity index (χ4v) is 3.01. The van der Waals surface area contributed by atoms with E-state index in [0.717, 1.165) is 48.5 Å². The summed E-state index contributed by atoms with van der Waals surface area (Å²) in [5, 5.41) is 4.47. The first-order valence-electron chi connectivity index (χ1n) is 8.51. The van der Waals surface area contributed by atoms with Crippen LogP contribution in [0.15, 0.2) is 30.3 Å². The molecule has 0 spiro atoms. The summed E-state index contributed by atoms with van der Waals surface area (Å²) in [5.41, 5.74) is 4.08. The highest BCUT2D eigenvalue weighted by atomic mass is 16.5. The lowest BCUT2D eigenvalue weighted by Gasteiger charge is -2.09. The van der Waals surface area contributed by atoms with Gasteiger partial charge in [-0.1, -0.05) is 12.1 Å². The molecule has 2 heterocycles. The highest BCUT2D eigenvalue weighted by Crippen LogP contribution is 2.17. The molecule has 128 valence electrons. The van der Waals surface area contributed by atoms with Crippen LogP contribution in [0, 0.1) is 13.8 Å². The molecule has 1 atom stereocenters. The van der Waals surface area contributed by atoms with Gasteiger partial charge in [-0.25, -0.2) is 4.68 Å². The number of carbonyl (C=O) groups excluding carboxylic acids is 1. The molecule has 1 unspecified atom stereocenters. The van der Waals surface area contributed by atoms with Gasteiger partial charge in [0.25, 0.3) is 0 Å². The highest BCUT2D eigenvalue weighted by Gasteiger charge is 2.17. The SMILES string of the molecule is Cc1cc(C)n(-c2ccc(COC(=O)CCC3CCCO3)cc2)n1. The number of rotatable bonds is 6. The maximum atomic E-state index is 11.8. The Labute approximate surface area is 142 Å². The van der Waals surface area contributed by atoms with Crippen molar-refractivity contribution in [2.75, 3.05) is 6.61 Å². The summed E-state index contributed by atoms with van der Waals surface area (Å²) >= 11 is 0. The molecular formula is C19H24N2O3. The molecule has 1 aromatic heterocycles. The Morgan fingerprint density at radius 3 is 2.75 bits per heavy atom. The van der Waals surface area contributed by atoms with Crippen LogP contribution in [0.1, 0.15) is 42.6 Å². The number of ether oxygens (including phenoxy) is 2. The van der Waals surface area contributed by atoms with E-state index in [4.69, 9.17) is 9.47 Å². The van der Waals surface area contributed by atoms with Gasteiger partial charge in [-0.15, -0.1) is 0 Å². The van der Waals surface area contributed by atoms with Gasteiger partial charge in [-0.05, 0) is 56.9 Å². The average molecular weight is 328 g/mol. The molecule has 2 aromatic rings. The van der Waals surface area contributed by atoms with Crippen LogP contribution in [0.25, 0.3) is 5.69 Å². The maximum absolute atomic E-state index is 11.8. The Kier molecular flexibility index (Phi) is 5.30. The maximum Gasteiger partial charge on any atom is 0.306 e. The Hall–Kier alpha value is -2.14. The van der Waals surface area contributed by atoms with Crippen LogP contribution in [0.5, 0.6) is 0 Å². The normalized spacial score (nSPS) is 17.2. The minimum Gasteiger partial charge on any atom is -0.461 e. The summed E-state index contributed by atoms with van der Waals surface area (Å²) in [5.74, 6) is -0.159. The summed E-state index contributed by atoms with van der Waals surface area (Å²) in [4.78, 5) is 11.8. The molecule has 1 aromatic carbocycles. The van der Waals surface area contributed by atoms with Crippen LogP contribution in [0.3, 0.4) is 0 Å². The molecule has 0 N–H and O–H groups in total. The monoisotopic (exact) mass is 328 g/mol. The number of carbonyl (C=O) groups is 1. The van der Waals surface area contributed by atoms with Crippen molar-refractivity contribution in [1.82, 2.24) is 9.78 Å². The highest BCUT2D eigenvalue weighted by molar-refractivity contribution is 5.69. The number of benzene rings is 1. The third-order valence-electron chi connectivity index (χ3n) is 4.28. The van der Waals surface area contributed by atoms with Gasteiger partial charge in [-0.2, -0.15) is 5.10 Å². The second kappa shape index (κ2) is 7.62. The number of nitrogens with zero attached hydrogens (tertiary/aromatic N) is 2. The lowest BCUT2D eigenvalue weighted by Crippen LogP contribution is -2.11. The van der Waals surface area contributed by atoms with Gasteiger partial charge in [0.05, 0.1) is 17.5 Å². The van der Waals surface area contributed by atoms with Gasteiger partial charge >= 0.3 is 5.97 Å². The van der Waals surface area contributed by atoms with Crippen molar-refractivity contribution in [2.24, 2.45) is 0 Å². The van der Waals surface area contributed by atoms with E-state index >= 15 is 0 Å². The number of aryl methyl sites for hydroxylation is 2. The van der Waals surface area contributed by atoms with Gasteiger partial charge in [-0.3, -0.25) is 4.79 Å². The summed E-state index contributed by atoms with van der Waals surface area (Å²) in [6.45, 7) is 5.14. The molecule has 1 saturated heterocycles. The van der Waals surface area contributed by atoms with E-state index in [2.05, 4.69) is 5.10 Å². The third-order valence-corrected chi connectivity index (χ3v) is 4.28. The van der Waals surface area contributed by atoms with Gasteiger partial charge in [0, 0.05) is 18.7 Å². The van der Waals surface area contributed by atoms with E-state index in [0.29, 0.717) is 13.0 Å². The predicted molar refractivity (Wildman–Crippen MR) is 91.0 cm³/mol. The van der Waals surface area contributed by atoms with Gasteiger partial charge in [0.15, 0.2) is 0 Å². The molecule has 5 nitrogen and oxygen atoms in total. The van der Waals surface area contributed by atoms with Crippen molar-refractivity contribution in [3.8, 4) is 5.69 Å². The molecule has 0 bridgehead atoms. The van der Waals surface area contributed by atoms with E-state index in [1.54, 1.807) is 0 Å². The lowest BCUT2D eigenvalue weighted by molar-refractivity contribution is -0.145. The second-order valence-electron chi connectivity index (χ2n) is 6.34. The molecular weight excluding hydrogens is 304 g/mol. The van der Waals surface area contributed by atoms with Crippen LogP contribution in [0.2, 0.25) is 0 Å². The van der Waals surface area contributed by atoms with Crippen LogP contribution >= 0.6 is 0 Å². The van der Waals surface area contributed by atoms with Crippen molar-refractivity contribution in [3.63, 3.8) is 0 Å². The van der Waals surface area contributed by atoms with E-state index in [1.165, 1.54) is 0 Å². The van der Waals surface area contributed by atoms with Crippen molar-refractivity contribution in [1.29, 1.82) is 0 Å². The second-order valence-corrected chi connectivity index (χ2v) is 6.34. The molecule has 0 saturated carbocycles. The molecule has 1 fully saturated rings. The number of hydrogen-bond acceptors (Lipinski definition) is 4. The molecule has 24 heavy (non-hydrogen) atoms. The Morgan fingerprint density at radius 1 is 1.33 bits per heavy atom. The predicted octanol–water partition coefficient (Wildman–Crippen LogP) is 3.49. The Morgan fingerprint density at radius 2 is 2.12 bits per heavy atom. The van der Waals surface area contributed by atoms with Gasteiger partial charge in [0.2, 0.25) is 0 Å². The van der Waals surface area contributed by atoms with Gasteiger partial charge < -0.3 is 9.47 Å². The number of esters is 1. The van der Waals surface area contributed by atoms with E-state index < -0.39 is 0 Å². The van der Waals surface area contributed by atoms with Crippen LogP contribution in [-0.2, 0) is 20.9 Å². The van der Waals surface area contributed by atoms with Crippen molar-refractivity contribution in [3.05, 3.63) is 47.3 Å². The van der Waals surface area contributed by atoms with Crippen LogP contribution in [0.4, 0.5) is 0 Å². The van der Waals surface area contributed by atoms with E-state index in [-0.39, 0.29) is 12.1 Å². The molecule has 0 radical (unpaired) electrons. The molecule has 0 amide bonds. The first kappa shape index (κ1) is 16.7.